The van der Waals surface area contributed by atoms with Crippen LogP contribution in [-0.4, -0.2) is 18.9 Å². The summed E-state index contributed by atoms with van der Waals surface area (Å²) < 4.78 is 4.30. The van der Waals surface area contributed by atoms with Crippen molar-refractivity contribution in [3.8, 4) is 11.4 Å². The molecule has 6 rings (SSSR count). The molecule has 4 heteroatoms. The van der Waals surface area contributed by atoms with Gasteiger partial charge in [-0.15, -0.1) is 0 Å². The molecular formula is C29H22N4. The summed E-state index contributed by atoms with van der Waals surface area (Å²) in [6.45, 7) is 0. The fourth-order valence-corrected chi connectivity index (χ4v) is 4.77. The Bertz CT molecular complexity index is 1370. The predicted octanol–water partition coefficient (Wildman–Crippen LogP) is 6.04. The predicted molar refractivity (Wildman–Crippen MR) is 131 cm³/mol. The van der Waals surface area contributed by atoms with Crippen molar-refractivity contribution in [2.24, 2.45) is 0 Å². The van der Waals surface area contributed by atoms with Crippen LogP contribution in [0.4, 0.5) is 0 Å². The number of benzene rings is 3. The van der Waals surface area contributed by atoms with Gasteiger partial charge in [-0.05, 0) is 28.8 Å². The maximum absolute atomic E-state index is 4.91. The Hall–Kier alpha value is -4.44. The highest BCUT2D eigenvalue weighted by Crippen LogP contribution is 2.43. The van der Waals surface area contributed by atoms with E-state index >= 15 is 0 Å². The number of nitrogens with zero attached hydrogens (tertiary/aromatic N) is 4. The van der Waals surface area contributed by atoms with Crippen LogP contribution in [-0.2, 0) is 5.54 Å². The maximum atomic E-state index is 4.91. The van der Waals surface area contributed by atoms with Crippen molar-refractivity contribution in [3.63, 3.8) is 0 Å². The minimum Gasteiger partial charge on any atom is -0.310 e. The third-order valence-corrected chi connectivity index (χ3v) is 6.20. The Morgan fingerprint density at radius 1 is 0.606 bits per heavy atom. The summed E-state index contributed by atoms with van der Waals surface area (Å²) in [6, 6.07) is 37.9. The van der Waals surface area contributed by atoms with Crippen LogP contribution in [0.2, 0.25) is 0 Å². The van der Waals surface area contributed by atoms with Crippen LogP contribution in [0.25, 0.3) is 17.0 Å². The van der Waals surface area contributed by atoms with E-state index in [-0.39, 0.29) is 0 Å². The van der Waals surface area contributed by atoms with Crippen LogP contribution in [0.3, 0.4) is 0 Å². The van der Waals surface area contributed by atoms with Gasteiger partial charge >= 0.3 is 0 Å². The third-order valence-electron chi connectivity index (χ3n) is 6.20. The molecule has 0 bridgehead atoms. The van der Waals surface area contributed by atoms with Crippen molar-refractivity contribution in [2.45, 2.75) is 5.54 Å². The second-order valence-corrected chi connectivity index (χ2v) is 8.05. The van der Waals surface area contributed by atoms with E-state index in [1.807, 2.05) is 41.3 Å². The first-order chi connectivity index (χ1) is 16.4. The molecular weight excluding hydrogens is 404 g/mol. The maximum Gasteiger partial charge on any atom is 0.137 e. The van der Waals surface area contributed by atoms with Gasteiger partial charge in [0.05, 0.1) is 18.2 Å². The smallest absolute Gasteiger partial charge is 0.137 e. The second-order valence-electron chi connectivity index (χ2n) is 8.05. The van der Waals surface area contributed by atoms with Crippen molar-refractivity contribution in [1.29, 1.82) is 0 Å². The Morgan fingerprint density at radius 3 is 1.70 bits per heavy atom. The van der Waals surface area contributed by atoms with Gasteiger partial charge in [0.1, 0.15) is 16.9 Å². The first kappa shape index (κ1) is 19.3. The van der Waals surface area contributed by atoms with E-state index in [1.165, 1.54) is 0 Å². The van der Waals surface area contributed by atoms with E-state index in [0.717, 1.165) is 33.7 Å². The van der Waals surface area contributed by atoms with Gasteiger partial charge in [-0.2, -0.15) is 0 Å². The summed E-state index contributed by atoms with van der Waals surface area (Å²) in [5.41, 5.74) is 5.60. The molecule has 0 atom stereocenters. The van der Waals surface area contributed by atoms with Crippen LogP contribution in [0.1, 0.15) is 16.7 Å². The quantitative estimate of drug-likeness (QED) is 0.315. The zero-order valence-corrected chi connectivity index (χ0v) is 18.0. The van der Waals surface area contributed by atoms with Gasteiger partial charge in [-0.25, -0.2) is 9.97 Å². The molecule has 0 unspecified atom stereocenters. The van der Waals surface area contributed by atoms with Gasteiger partial charge in [0, 0.05) is 12.4 Å². The van der Waals surface area contributed by atoms with E-state index in [2.05, 4.69) is 107 Å². The fourth-order valence-electron chi connectivity index (χ4n) is 4.77. The SMILES string of the molecule is c1ccc(C(c2ccccc2)(c2ccccc2)n2cncc2-c2cn3ccccc3n2)cc1. The molecule has 6 aromatic rings. The van der Waals surface area contributed by atoms with Crippen LogP contribution in [0, 0.1) is 0 Å². The minimum atomic E-state index is -0.620. The van der Waals surface area contributed by atoms with Crippen molar-refractivity contribution >= 4 is 5.65 Å². The van der Waals surface area contributed by atoms with Crippen LogP contribution in [0.15, 0.2) is 134 Å². The van der Waals surface area contributed by atoms with E-state index in [4.69, 9.17) is 4.98 Å². The summed E-state index contributed by atoms with van der Waals surface area (Å²) in [5, 5.41) is 0. The number of imidazole rings is 2. The highest BCUT2D eigenvalue weighted by molar-refractivity contribution is 5.62. The molecule has 0 aliphatic carbocycles. The van der Waals surface area contributed by atoms with Gasteiger partial charge in [-0.3, -0.25) is 0 Å². The van der Waals surface area contributed by atoms with Crippen molar-refractivity contribution in [1.82, 2.24) is 18.9 Å². The van der Waals surface area contributed by atoms with Crippen molar-refractivity contribution in [2.75, 3.05) is 0 Å². The number of aromatic nitrogens is 4. The molecule has 0 spiro atoms. The van der Waals surface area contributed by atoms with E-state index in [9.17, 15) is 0 Å². The zero-order chi connectivity index (χ0) is 22.1. The average molecular weight is 427 g/mol. The lowest BCUT2D eigenvalue weighted by atomic mass is 9.76. The lowest BCUT2D eigenvalue weighted by Gasteiger charge is -2.38. The molecule has 0 amide bonds. The number of rotatable bonds is 5. The zero-order valence-electron chi connectivity index (χ0n) is 18.0. The second kappa shape index (κ2) is 7.92. The number of fused-ring (bicyclic) bond motifs is 1. The number of pyridine rings is 1. The monoisotopic (exact) mass is 426 g/mol. The van der Waals surface area contributed by atoms with Crippen molar-refractivity contribution in [3.05, 3.63) is 151 Å². The Kier molecular flexibility index (Phi) is 4.62. The first-order valence-electron chi connectivity index (χ1n) is 11.0. The molecule has 0 saturated carbocycles. The minimum absolute atomic E-state index is 0.620. The van der Waals surface area contributed by atoms with E-state index in [0.29, 0.717) is 0 Å². The van der Waals surface area contributed by atoms with Gasteiger partial charge in [-0.1, -0.05) is 97.1 Å². The third kappa shape index (κ3) is 3.07. The first-order valence-corrected chi connectivity index (χ1v) is 11.0. The largest absolute Gasteiger partial charge is 0.310 e. The van der Waals surface area contributed by atoms with Crippen LogP contribution < -0.4 is 0 Å². The van der Waals surface area contributed by atoms with Crippen LogP contribution >= 0.6 is 0 Å². The lowest BCUT2D eigenvalue weighted by molar-refractivity contribution is 0.519. The molecule has 3 heterocycles. The molecule has 158 valence electrons. The van der Waals surface area contributed by atoms with Crippen molar-refractivity contribution < 1.29 is 0 Å². The molecule has 3 aromatic heterocycles. The fraction of sp³-hybridized carbons (Fsp3) is 0.0345. The standard InChI is InChI=1S/C29H22N4/c1-4-12-23(13-5-1)29(24-14-6-2-7-15-24,25-16-8-3-9-17-25)33-22-30-20-27(33)26-21-32-19-11-10-18-28(32)31-26/h1-22H. The topological polar surface area (TPSA) is 35.1 Å². The number of hydrogen-bond donors (Lipinski definition) is 0. The average Bonchev–Trinajstić information content (AvgIpc) is 3.54. The Labute approximate surface area is 192 Å². The molecule has 0 N–H and O–H groups in total. The highest BCUT2D eigenvalue weighted by Gasteiger charge is 2.39. The lowest BCUT2D eigenvalue weighted by Crippen LogP contribution is -2.37. The number of hydrogen-bond acceptors (Lipinski definition) is 2. The molecule has 33 heavy (non-hydrogen) atoms. The summed E-state index contributed by atoms with van der Waals surface area (Å²) in [4.78, 5) is 9.54. The van der Waals surface area contributed by atoms with Gasteiger partial charge in [0.2, 0.25) is 0 Å². The molecule has 0 saturated heterocycles. The Balaban J connectivity index is 1.71. The highest BCUT2D eigenvalue weighted by atomic mass is 15.1. The summed E-state index contributed by atoms with van der Waals surface area (Å²) in [7, 11) is 0. The summed E-state index contributed by atoms with van der Waals surface area (Å²) >= 11 is 0. The van der Waals surface area contributed by atoms with Gasteiger partial charge < -0.3 is 8.97 Å². The normalized spacial score (nSPS) is 11.6. The molecule has 4 nitrogen and oxygen atoms in total. The molecule has 3 aromatic carbocycles. The van der Waals surface area contributed by atoms with E-state index < -0.39 is 5.54 Å². The molecule has 0 radical (unpaired) electrons. The summed E-state index contributed by atoms with van der Waals surface area (Å²) in [6.07, 6.45) is 7.91. The van der Waals surface area contributed by atoms with Gasteiger partial charge in [0.25, 0.3) is 0 Å². The molecule has 0 aliphatic heterocycles. The molecule has 0 aliphatic rings. The van der Waals surface area contributed by atoms with Gasteiger partial charge in [0.15, 0.2) is 0 Å². The van der Waals surface area contributed by atoms with E-state index in [1.54, 1.807) is 0 Å². The van der Waals surface area contributed by atoms with Crippen LogP contribution in [0.5, 0.6) is 0 Å². The summed E-state index contributed by atoms with van der Waals surface area (Å²) in [5.74, 6) is 0. The Morgan fingerprint density at radius 2 is 1.15 bits per heavy atom. The molecule has 0 fully saturated rings.